The normalized spacial score (nSPS) is 30.8. The molecule has 2 aliphatic carbocycles. The standard InChI is InChI=1S/C33H38N8O3/c34-12-24-14-36-40-19-28(44-8-7-37-16-25-11-33(25,43)20-37)10-29(31(24)40)22-3-4-30(35-13-22)39-17-26-9-27(18-39)41(26)32(42)38-6-5-23(15-38)21-1-2-21/h3-4,10,13-14,19,21,23,25-27,43H,1-2,5-9,11,15-18,20H2. The Morgan fingerprint density at radius 3 is 2.70 bits per heavy atom. The predicted molar refractivity (Wildman–Crippen MR) is 162 cm³/mol. The average molecular weight is 595 g/mol. The molecule has 5 unspecified atom stereocenters. The molecule has 11 heteroatoms. The minimum Gasteiger partial charge on any atom is -0.491 e. The lowest BCUT2D eigenvalue weighted by Gasteiger charge is -2.57. The van der Waals surface area contributed by atoms with Gasteiger partial charge in [0.1, 0.15) is 24.2 Å². The molecule has 2 bridgehead atoms. The van der Waals surface area contributed by atoms with Crippen LogP contribution in [0.2, 0.25) is 0 Å². The molecule has 5 aliphatic heterocycles. The number of nitrogens with zero attached hydrogens (tertiary/aromatic N) is 8. The van der Waals surface area contributed by atoms with E-state index in [0.29, 0.717) is 23.8 Å². The Morgan fingerprint density at radius 2 is 1.98 bits per heavy atom. The quantitative estimate of drug-likeness (QED) is 0.445. The minimum atomic E-state index is -0.466. The van der Waals surface area contributed by atoms with Crippen LogP contribution in [0.1, 0.15) is 37.7 Å². The Bertz CT molecular complexity index is 1650. The molecule has 10 rings (SSSR count). The molecule has 5 atom stereocenters. The van der Waals surface area contributed by atoms with Gasteiger partial charge in [-0.3, -0.25) is 4.90 Å². The third-order valence-electron chi connectivity index (χ3n) is 11.1. The summed E-state index contributed by atoms with van der Waals surface area (Å²) in [5.74, 6) is 3.58. The topological polar surface area (TPSA) is 113 Å². The second kappa shape index (κ2) is 9.81. The lowest BCUT2D eigenvalue weighted by molar-refractivity contribution is 0.0209. The summed E-state index contributed by atoms with van der Waals surface area (Å²) >= 11 is 0. The summed E-state index contributed by atoms with van der Waals surface area (Å²) in [6.07, 6.45) is 11.1. The van der Waals surface area contributed by atoms with Gasteiger partial charge in [0.15, 0.2) is 0 Å². The molecule has 2 saturated carbocycles. The Morgan fingerprint density at radius 1 is 1.11 bits per heavy atom. The summed E-state index contributed by atoms with van der Waals surface area (Å²) in [5, 5.41) is 24.5. The number of piperazine rings is 1. The molecule has 0 spiro atoms. The van der Waals surface area contributed by atoms with Crippen LogP contribution in [0.5, 0.6) is 5.75 Å². The van der Waals surface area contributed by atoms with Crippen molar-refractivity contribution in [3.05, 3.63) is 42.4 Å². The maximum atomic E-state index is 13.4. The number of amides is 2. The number of hydrogen-bond acceptors (Lipinski definition) is 8. The van der Waals surface area contributed by atoms with E-state index in [4.69, 9.17) is 9.72 Å². The first-order valence-electron chi connectivity index (χ1n) is 16.2. The molecule has 0 radical (unpaired) electrons. The number of fused-ring (bicyclic) bond motifs is 4. The zero-order valence-corrected chi connectivity index (χ0v) is 24.9. The zero-order valence-electron chi connectivity index (χ0n) is 24.9. The van der Waals surface area contributed by atoms with Crippen LogP contribution in [0.4, 0.5) is 10.6 Å². The summed E-state index contributed by atoms with van der Waals surface area (Å²) in [6, 6.07) is 9.07. The van der Waals surface area contributed by atoms with Gasteiger partial charge in [-0.05, 0) is 62.1 Å². The van der Waals surface area contributed by atoms with Crippen molar-refractivity contribution in [2.24, 2.45) is 17.8 Å². The number of β-amino-alcohol motifs (C(OH)–C–C–N with tert-alkyl or cyclic N) is 1. The third kappa shape index (κ3) is 4.41. The van der Waals surface area contributed by atoms with E-state index in [9.17, 15) is 15.2 Å². The zero-order chi connectivity index (χ0) is 29.6. The van der Waals surface area contributed by atoms with Gasteiger partial charge in [-0.25, -0.2) is 14.3 Å². The van der Waals surface area contributed by atoms with Gasteiger partial charge in [-0.2, -0.15) is 10.4 Å². The van der Waals surface area contributed by atoms with E-state index in [-0.39, 0.29) is 18.1 Å². The predicted octanol–water partition coefficient (Wildman–Crippen LogP) is 2.83. The van der Waals surface area contributed by atoms with Crippen LogP contribution >= 0.6 is 0 Å². The largest absolute Gasteiger partial charge is 0.491 e. The van der Waals surface area contributed by atoms with Crippen LogP contribution in [0.15, 0.2) is 36.8 Å². The molecule has 3 aromatic heterocycles. The number of carbonyl (C=O) groups is 1. The van der Waals surface area contributed by atoms with Crippen molar-refractivity contribution < 1.29 is 14.6 Å². The summed E-state index contributed by atoms with van der Waals surface area (Å²) < 4.78 is 7.87. The monoisotopic (exact) mass is 594 g/mol. The van der Waals surface area contributed by atoms with Crippen molar-refractivity contribution in [2.75, 3.05) is 57.3 Å². The van der Waals surface area contributed by atoms with Crippen LogP contribution in [0.25, 0.3) is 16.6 Å². The first kappa shape index (κ1) is 26.5. The summed E-state index contributed by atoms with van der Waals surface area (Å²) in [6.45, 7) is 6.38. The van der Waals surface area contributed by atoms with Gasteiger partial charge < -0.3 is 24.5 Å². The lowest BCUT2D eigenvalue weighted by atomic mass is 9.87. The molecule has 2 amide bonds. The fraction of sp³-hybridized carbons (Fsp3) is 0.576. The van der Waals surface area contributed by atoms with E-state index >= 15 is 0 Å². The Labute approximate surface area is 256 Å². The lowest BCUT2D eigenvalue weighted by Crippen LogP contribution is -2.72. The molecule has 44 heavy (non-hydrogen) atoms. The van der Waals surface area contributed by atoms with Gasteiger partial charge in [-0.15, -0.1) is 0 Å². The minimum absolute atomic E-state index is 0.243. The fourth-order valence-corrected chi connectivity index (χ4v) is 8.42. The van der Waals surface area contributed by atoms with Gasteiger partial charge in [0.05, 0.1) is 41.2 Å². The number of hydrogen-bond donors (Lipinski definition) is 1. The second-order valence-electron chi connectivity index (χ2n) is 14.0. The van der Waals surface area contributed by atoms with Crippen LogP contribution < -0.4 is 9.64 Å². The first-order valence-corrected chi connectivity index (χ1v) is 16.2. The molecule has 1 N–H and O–H groups in total. The first-order chi connectivity index (χ1) is 21.5. The van der Waals surface area contributed by atoms with Gasteiger partial charge >= 0.3 is 6.03 Å². The number of urea groups is 1. The number of aliphatic hydroxyl groups is 1. The smallest absolute Gasteiger partial charge is 0.320 e. The van der Waals surface area contributed by atoms with Gasteiger partial charge in [0.25, 0.3) is 0 Å². The summed E-state index contributed by atoms with van der Waals surface area (Å²) in [4.78, 5) is 27.0. The maximum Gasteiger partial charge on any atom is 0.320 e. The molecular formula is C33H38N8O3. The van der Waals surface area contributed by atoms with Crippen LogP contribution in [0.3, 0.4) is 0 Å². The Balaban J connectivity index is 0.884. The number of piperidine rings is 2. The van der Waals surface area contributed by atoms with Gasteiger partial charge in [-0.1, -0.05) is 0 Å². The molecule has 11 nitrogen and oxygen atoms in total. The van der Waals surface area contributed by atoms with E-state index < -0.39 is 5.60 Å². The third-order valence-corrected chi connectivity index (χ3v) is 11.1. The maximum absolute atomic E-state index is 13.4. The fourth-order valence-electron chi connectivity index (χ4n) is 8.42. The van der Waals surface area contributed by atoms with Gasteiger partial charge in [0, 0.05) is 69.1 Å². The number of likely N-dealkylation sites (tertiary alicyclic amines) is 2. The molecule has 0 aromatic carbocycles. The Hall–Kier alpha value is -3.88. The highest BCUT2D eigenvalue weighted by molar-refractivity contribution is 5.85. The number of carbonyl (C=O) groups excluding carboxylic acids is 1. The molecule has 228 valence electrons. The molecule has 7 fully saturated rings. The van der Waals surface area contributed by atoms with Crippen LogP contribution in [-0.4, -0.2) is 111 Å². The van der Waals surface area contributed by atoms with Crippen molar-refractivity contribution in [2.45, 2.75) is 49.8 Å². The number of nitriles is 1. The number of pyridine rings is 2. The highest BCUT2D eigenvalue weighted by Gasteiger charge is 2.58. The number of ether oxygens (including phenoxy) is 1. The molecule has 3 aromatic rings. The van der Waals surface area contributed by atoms with Crippen LogP contribution in [-0.2, 0) is 0 Å². The van der Waals surface area contributed by atoms with E-state index in [2.05, 4.69) is 36.8 Å². The summed E-state index contributed by atoms with van der Waals surface area (Å²) in [5.41, 5.74) is 2.51. The van der Waals surface area contributed by atoms with Crippen molar-refractivity contribution in [3.63, 3.8) is 0 Å². The van der Waals surface area contributed by atoms with Crippen LogP contribution in [0, 0.1) is 29.1 Å². The second-order valence-corrected chi connectivity index (χ2v) is 14.0. The number of anilines is 1. The summed E-state index contributed by atoms with van der Waals surface area (Å²) in [7, 11) is 0. The number of rotatable bonds is 7. The van der Waals surface area contributed by atoms with E-state index in [1.54, 1.807) is 10.7 Å². The average Bonchev–Trinajstić information content (AvgIpc) is 3.80. The molecular weight excluding hydrogens is 556 g/mol. The van der Waals surface area contributed by atoms with E-state index in [0.717, 1.165) is 93.0 Å². The van der Waals surface area contributed by atoms with Crippen molar-refractivity contribution in [1.29, 1.82) is 5.26 Å². The highest BCUT2D eigenvalue weighted by Crippen LogP contribution is 2.49. The van der Waals surface area contributed by atoms with Gasteiger partial charge in [0.2, 0.25) is 0 Å². The van der Waals surface area contributed by atoms with Crippen molar-refractivity contribution >= 4 is 17.4 Å². The Kier molecular flexibility index (Phi) is 5.91. The molecule has 5 saturated heterocycles. The van der Waals surface area contributed by atoms with Crippen molar-refractivity contribution in [1.82, 2.24) is 29.3 Å². The SMILES string of the molecule is N#Cc1cnn2cc(OCCN3CC4CC4(O)C3)cc(-c3ccc(N4CC5CC(C4)N5C(=O)N4CCC(C5CC5)C4)nc3)c12. The molecule has 8 heterocycles. The van der Waals surface area contributed by atoms with E-state index in [1.807, 2.05) is 24.5 Å². The van der Waals surface area contributed by atoms with E-state index in [1.165, 1.54) is 19.3 Å². The number of aromatic nitrogens is 3. The highest BCUT2D eigenvalue weighted by atomic mass is 16.5. The molecule has 7 aliphatic rings. The van der Waals surface area contributed by atoms with Crippen molar-refractivity contribution in [3.8, 4) is 22.9 Å².